The molecule has 2 N–H and O–H groups in total. The molecule has 7 heteroatoms. The number of hydrogen-bond donors (Lipinski definition) is 2. The van der Waals surface area contributed by atoms with Crippen LogP contribution in [0.3, 0.4) is 0 Å². The minimum absolute atomic E-state index is 0.590. The monoisotopic (exact) mass is 452 g/mol. The Labute approximate surface area is 197 Å². The molecular formula is C25H36N6S. The topological polar surface area (TPSA) is 56.3 Å². The summed E-state index contributed by atoms with van der Waals surface area (Å²) in [5.41, 5.74) is 1.35. The SMILES string of the molecule is CC1CCCN(c2cc(N3CCCCC3)nc(NC(=S)NCCCc3ccccc3)n2)C1. The summed E-state index contributed by atoms with van der Waals surface area (Å²) in [6.07, 6.45) is 8.33. The van der Waals surface area contributed by atoms with Crippen LogP contribution in [0.15, 0.2) is 36.4 Å². The van der Waals surface area contributed by atoms with Crippen molar-refractivity contribution >= 4 is 34.9 Å². The van der Waals surface area contributed by atoms with Crippen molar-refractivity contribution in [1.82, 2.24) is 15.3 Å². The number of rotatable bonds is 7. The first kappa shape index (κ1) is 22.8. The quantitative estimate of drug-likeness (QED) is 0.469. The highest BCUT2D eigenvalue weighted by molar-refractivity contribution is 7.80. The van der Waals surface area contributed by atoms with Crippen molar-refractivity contribution in [3.05, 3.63) is 42.0 Å². The first-order chi connectivity index (χ1) is 15.7. The summed E-state index contributed by atoms with van der Waals surface area (Å²) in [4.78, 5) is 14.5. The molecule has 32 heavy (non-hydrogen) atoms. The molecule has 2 aromatic rings. The Kier molecular flexibility index (Phi) is 8.15. The lowest BCUT2D eigenvalue weighted by Gasteiger charge is -2.33. The Morgan fingerprint density at radius 2 is 1.72 bits per heavy atom. The maximum atomic E-state index is 5.55. The van der Waals surface area contributed by atoms with Gasteiger partial charge in [-0.1, -0.05) is 37.3 Å². The van der Waals surface area contributed by atoms with E-state index in [1.807, 2.05) is 0 Å². The van der Waals surface area contributed by atoms with Crippen LogP contribution in [0.1, 0.15) is 51.0 Å². The summed E-state index contributed by atoms with van der Waals surface area (Å²) in [7, 11) is 0. The molecule has 6 nitrogen and oxygen atoms in total. The maximum absolute atomic E-state index is 5.55. The molecule has 2 aliphatic rings. The van der Waals surface area contributed by atoms with E-state index in [0.29, 0.717) is 17.0 Å². The molecule has 1 unspecified atom stereocenters. The van der Waals surface area contributed by atoms with E-state index in [-0.39, 0.29) is 0 Å². The Bertz CT molecular complexity index is 868. The summed E-state index contributed by atoms with van der Waals surface area (Å²) in [5.74, 6) is 3.33. The number of piperidine rings is 2. The molecule has 0 saturated carbocycles. The van der Waals surface area contributed by atoms with E-state index in [1.165, 1.54) is 37.7 Å². The van der Waals surface area contributed by atoms with Gasteiger partial charge in [0.2, 0.25) is 5.95 Å². The van der Waals surface area contributed by atoms with Crippen LogP contribution in [-0.2, 0) is 6.42 Å². The Morgan fingerprint density at radius 3 is 2.47 bits per heavy atom. The lowest BCUT2D eigenvalue weighted by atomic mass is 10.0. The molecule has 1 aromatic heterocycles. The van der Waals surface area contributed by atoms with Gasteiger partial charge < -0.3 is 20.4 Å². The van der Waals surface area contributed by atoms with Crippen molar-refractivity contribution in [2.24, 2.45) is 5.92 Å². The number of nitrogens with one attached hydrogen (secondary N) is 2. The third-order valence-electron chi connectivity index (χ3n) is 6.36. The van der Waals surface area contributed by atoms with Gasteiger partial charge in [0.15, 0.2) is 5.11 Å². The minimum Gasteiger partial charge on any atom is -0.362 e. The minimum atomic E-state index is 0.590. The van der Waals surface area contributed by atoms with Gasteiger partial charge in [-0.05, 0) is 68.6 Å². The molecule has 2 fully saturated rings. The van der Waals surface area contributed by atoms with Gasteiger partial charge >= 0.3 is 0 Å². The van der Waals surface area contributed by atoms with Crippen molar-refractivity contribution in [3.8, 4) is 0 Å². The summed E-state index contributed by atoms with van der Waals surface area (Å²) < 4.78 is 0. The van der Waals surface area contributed by atoms with Gasteiger partial charge in [-0.3, -0.25) is 0 Å². The highest BCUT2D eigenvalue weighted by Crippen LogP contribution is 2.27. The molecule has 0 amide bonds. The number of hydrogen-bond acceptors (Lipinski definition) is 5. The zero-order valence-corrected chi connectivity index (χ0v) is 20.0. The van der Waals surface area contributed by atoms with E-state index in [4.69, 9.17) is 22.2 Å². The van der Waals surface area contributed by atoms with Gasteiger partial charge in [0, 0.05) is 38.8 Å². The van der Waals surface area contributed by atoms with Crippen LogP contribution in [0, 0.1) is 5.92 Å². The molecular weight excluding hydrogens is 416 g/mol. The number of aryl methyl sites for hydroxylation is 1. The second-order valence-electron chi connectivity index (χ2n) is 9.12. The summed E-state index contributed by atoms with van der Waals surface area (Å²) in [6, 6.07) is 12.7. The van der Waals surface area contributed by atoms with Gasteiger partial charge in [0.25, 0.3) is 0 Å². The average Bonchev–Trinajstić information content (AvgIpc) is 2.83. The first-order valence-corrected chi connectivity index (χ1v) is 12.6. The van der Waals surface area contributed by atoms with Crippen molar-refractivity contribution in [2.75, 3.05) is 47.8 Å². The second-order valence-corrected chi connectivity index (χ2v) is 9.53. The molecule has 0 radical (unpaired) electrons. The van der Waals surface area contributed by atoms with Crippen molar-refractivity contribution in [1.29, 1.82) is 0 Å². The van der Waals surface area contributed by atoms with E-state index in [0.717, 1.165) is 57.2 Å². The molecule has 0 aliphatic carbocycles. The van der Waals surface area contributed by atoms with E-state index in [2.05, 4.69) is 63.8 Å². The third kappa shape index (κ3) is 6.55. The molecule has 3 heterocycles. The lowest BCUT2D eigenvalue weighted by molar-refractivity contribution is 0.444. The van der Waals surface area contributed by atoms with Crippen molar-refractivity contribution in [3.63, 3.8) is 0 Å². The molecule has 1 atom stereocenters. The highest BCUT2D eigenvalue weighted by atomic mass is 32.1. The van der Waals surface area contributed by atoms with Gasteiger partial charge in [0.05, 0.1) is 0 Å². The van der Waals surface area contributed by atoms with Crippen LogP contribution < -0.4 is 20.4 Å². The average molecular weight is 453 g/mol. The lowest BCUT2D eigenvalue weighted by Crippen LogP contribution is -2.36. The van der Waals surface area contributed by atoms with Gasteiger partial charge in [-0.15, -0.1) is 0 Å². The molecule has 172 valence electrons. The zero-order valence-electron chi connectivity index (χ0n) is 19.2. The van der Waals surface area contributed by atoms with Crippen LogP contribution in [0.4, 0.5) is 17.6 Å². The number of anilines is 3. The van der Waals surface area contributed by atoms with Gasteiger partial charge in [-0.25, -0.2) is 0 Å². The number of thiocarbonyl (C=S) groups is 1. The summed E-state index contributed by atoms with van der Waals surface area (Å²) in [5, 5.41) is 7.16. The molecule has 2 aliphatic heterocycles. The van der Waals surface area contributed by atoms with Crippen LogP contribution in [-0.4, -0.2) is 47.8 Å². The van der Waals surface area contributed by atoms with E-state index >= 15 is 0 Å². The standard InChI is InChI=1S/C25H36N6S/c1-20-10-9-17-31(19-20)23-18-22(30-15-6-3-7-16-30)27-24(28-23)29-25(32)26-14-8-13-21-11-4-2-5-12-21/h2,4-5,11-12,18,20H,3,6-10,13-17,19H2,1H3,(H2,26,27,28,29,32). The van der Waals surface area contributed by atoms with E-state index in [1.54, 1.807) is 0 Å². The Morgan fingerprint density at radius 1 is 1.00 bits per heavy atom. The molecule has 4 rings (SSSR count). The molecule has 2 saturated heterocycles. The predicted molar refractivity (Wildman–Crippen MR) is 138 cm³/mol. The number of aromatic nitrogens is 2. The van der Waals surface area contributed by atoms with Gasteiger partial charge in [0.1, 0.15) is 11.6 Å². The normalized spacial score (nSPS) is 19.0. The maximum Gasteiger partial charge on any atom is 0.232 e. The van der Waals surface area contributed by atoms with Gasteiger partial charge in [-0.2, -0.15) is 9.97 Å². The third-order valence-corrected chi connectivity index (χ3v) is 6.60. The second kappa shape index (κ2) is 11.5. The molecule has 0 spiro atoms. The largest absolute Gasteiger partial charge is 0.362 e. The van der Waals surface area contributed by atoms with Crippen LogP contribution in [0.2, 0.25) is 0 Å². The zero-order chi connectivity index (χ0) is 22.2. The molecule has 0 bridgehead atoms. The van der Waals surface area contributed by atoms with Crippen LogP contribution in [0.25, 0.3) is 0 Å². The highest BCUT2D eigenvalue weighted by Gasteiger charge is 2.21. The number of benzene rings is 1. The fourth-order valence-corrected chi connectivity index (χ4v) is 4.80. The number of nitrogens with zero attached hydrogens (tertiary/aromatic N) is 4. The predicted octanol–water partition coefficient (Wildman–Crippen LogP) is 4.62. The van der Waals surface area contributed by atoms with Crippen molar-refractivity contribution < 1.29 is 0 Å². The Balaban J connectivity index is 1.39. The molecule has 1 aromatic carbocycles. The van der Waals surface area contributed by atoms with E-state index < -0.39 is 0 Å². The fraction of sp³-hybridized carbons (Fsp3) is 0.560. The van der Waals surface area contributed by atoms with Crippen LogP contribution >= 0.6 is 12.2 Å². The fourth-order valence-electron chi connectivity index (χ4n) is 4.61. The Hall–Kier alpha value is -2.41. The summed E-state index contributed by atoms with van der Waals surface area (Å²) in [6.45, 7) is 7.39. The summed E-state index contributed by atoms with van der Waals surface area (Å²) >= 11 is 5.55. The van der Waals surface area contributed by atoms with E-state index in [9.17, 15) is 0 Å². The van der Waals surface area contributed by atoms with Crippen molar-refractivity contribution in [2.45, 2.75) is 51.9 Å². The first-order valence-electron chi connectivity index (χ1n) is 12.1. The smallest absolute Gasteiger partial charge is 0.232 e. The van der Waals surface area contributed by atoms with Crippen LogP contribution in [0.5, 0.6) is 0 Å².